The number of nitrogens with one attached hydrogen (secondary N) is 1. The molecular formula is C38H46FNO5S2. The van der Waals surface area contributed by atoms with Crippen molar-refractivity contribution < 1.29 is 27.5 Å². The second-order valence-corrected chi connectivity index (χ2v) is 16.2. The predicted octanol–water partition coefficient (Wildman–Crippen LogP) is 7.00. The number of alkyl halides is 1. The van der Waals surface area contributed by atoms with Crippen LogP contribution in [-0.2, 0) is 49.8 Å². The van der Waals surface area contributed by atoms with Gasteiger partial charge in [0.2, 0.25) is 0 Å². The molecule has 0 aromatic heterocycles. The highest BCUT2D eigenvalue weighted by molar-refractivity contribution is 7.99. The normalized spacial score (nSPS) is 28.8. The SMILES string of the molecule is C[C@@H]1C#CC[C@H](F)CS[C@H]2O[C@H]([C@@H]1N[S@](=O)C(C)(C)C)[C@H](OCc1ccccc1)[C@H](OCc1ccccc1)[C@H]2OCc1ccccc1. The monoisotopic (exact) mass is 679 g/mol. The zero-order valence-corrected chi connectivity index (χ0v) is 29.2. The van der Waals surface area contributed by atoms with Crippen molar-refractivity contribution in [2.24, 2.45) is 5.92 Å². The molecule has 3 aromatic rings. The average Bonchev–Trinajstić information content (AvgIpc) is 3.09. The molecule has 252 valence electrons. The van der Waals surface area contributed by atoms with Gasteiger partial charge in [-0.2, -0.15) is 0 Å². The molecule has 9 heteroatoms. The van der Waals surface area contributed by atoms with Gasteiger partial charge in [0.15, 0.2) is 0 Å². The quantitative estimate of drug-likeness (QED) is 0.220. The van der Waals surface area contributed by atoms with Gasteiger partial charge in [-0.1, -0.05) is 103 Å². The van der Waals surface area contributed by atoms with Crippen LogP contribution in [0.1, 0.15) is 50.8 Å². The van der Waals surface area contributed by atoms with Gasteiger partial charge in [-0.3, -0.25) is 0 Å². The molecule has 2 bridgehead atoms. The topological polar surface area (TPSA) is 66.0 Å². The number of thioether (sulfide) groups is 1. The lowest BCUT2D eigenvalue weighted by Gasteiger charge is -2.49. The molecule has 6 nitrogen and oxygen atoms in total. The first-order valence-corrected chi connectivity index (χ1v) is 18.4. The molecule has 2 aliphatic heterocycles. The van der Waals surface area contributed by atoms with E-state index in [9.17, 15) is 4.21 Å². The number of fused-ring (bicyclic) bond motifs is 2. The van der Waals surface area contributed by atoms with E-state index in [0.717, 1.165) is 16.7 Å². The van der Waals surface area contributed by atoms with Crippen molar-refractivity contribution in [2.45, 2.75) is 101 Å². The van der Waals surface area contributed by atoms with Crippen molar-refractivity contribution in [3.63, 3.8) is 0 Å². The lowest BCUT2D eigenvalue weighted by molar-refractivity contribution is -0.252. The fourth-order valence-electron chi connectivity index (χ4n) is 5.55. The molecular weight excluding hydrogens is 634 g/mol. The Bertz CT molecular complexity index is 1460. The summed E-state index contributed by atoms with van der Waals surface area (Å²) in [4.78, 5) is 0. The summed E-state index contributed by atoms with van der Waals surface area (Å²) in [6.07, 6.45) is -3.51. The molecule has 2 aliphatic rings. The Morgan fingerprint density at radius 2 is 1.32 bits per heavy atom. The molecule has 3 aromatic carbocycles. The van der Waals surface area contributed by atoms with Crippen LogP contribution >= 0.6 is 11.8 Å². The number of rotatable bonds is 11. The van der Waals surface area contributed by atoms with Crippen molar-refractivity contribution in [3.8, 4) is 11.8 Å². The molecule has 9 atom stereocenters. The standard InChI is InChI=1S/C38H46FNO5S2/c1-27-15-14-22-31(39)26-46-37-36(44-25-30-20-12-7-13-21-30)35(43-24-29-18-10-6-11-19-29)34(42-23-28-16-8-5-9-17-28)33(45-37)32(27)40-47(41)38(2,3)4/h5-13,16-21,27,31-37,40H,22-26H2,1-4H3/t27-,31+,32-,33-,34+,35+,36-,37-,47-/m1/s1. The minimum Gasteiger partial charge on any atom is -0.368 e. The molecule has 0 unspecified atom stereocenters. The maximum atomic E-state index is 15.2. The molecule has 1 fully saturated rings. The molecule has 0 spiro atoms. The summed E-state index contributed by atoms with van der Waals surface area (Å²) in [7, 11) is -1.44. The van der Waals surface area contributed by atoms with Gasteiger partial charge in [0.25, 0.3) is 0 Å². The summed E-state index contributed by atoms with van der Waals surface area (Å²) in [5.74, 6) is 6.16. The van der Waals surface area contributed by atoms with Crippen molar-refractivity contribution >= 4 is 22.7 Å². The van der Waals surface area contributed by atoms with Gasteiger partial charge in [-0.25, -0.2) is 13.3 Å². The van der Waals surface area contributed by atoms with Gasteiger partial charge < -0.3 is 18.9 Å². The number of halogens is 1. The third-order valence-electron chi connectivity index (χ3n) is 8.17. The van der Waals surface area contributed by atoms with Crippen LogP contribution in [0.15, 0.2) is 91.0 Å². The molecule has 0 aliphatic carbocycles. The smallest absolute Gasteiger partial charge is 0.132 e. The Balaban J connectivity index is 1.57. The minimum atomic E-state index is -1.44. The molecule has 1 N–H and O–H groups in total. The first-order chi connectivity index (χ1) is 22.7. The van der Waals surface area contributed by atoms with Gasteiger partial charge in [-0.15, -0.1) is 11.8 Å². The fourth-order valence-corrected chi connectivity index (χ4v) is 7.63. The van der Waals surface area contributed by atoms with E-state index in [4.69, 9.17) is 18.9 Å². The molecule has 1 saturated heterocycles. The zero-order valence-electron chi connectivity index (χ0n) is 27.6. The first kappa shape index (κ1) is 35.7. The van der Waals surface area contributed by atoms with Crippen molar-refractivity contribution in [1.29, 1.82) is 0 Å². The lowest BCUT2D eigenvalue weighted by atomic mass is 9.88. The Hall–Kier alpha value is -2.55. The molecule has 5 rings (SSSR count). The van der Waals surface area contributed by atoms with Crippen LogP contribution in [0.4, 0.5) is 4.39 Å². The van der Waals surface area contributed by atoms with E-state index in [-0.39, 0.29) is 18.1 Å². The maximum Gasteiger partial charge on any atom is 0.132 e. The summed E-state index contributed by atoms with van der Waals surface area (Å²) in [6.45, 7) is 8.69. The summed E-state index contributed by atoms with van der Waals surface area (Å²) < 4.78 is 58.9. The highest BCUT2D eigenvalue weighted by Crippen LogP contribution is 2.38. The highest BCUT2D eigenvalue weighted by atomic mass is 32.2. The molecule has 2 heterocycles. The lowest BCUT2D eigenvalue weighted by Crippen LogP contribution is -2.65. The van der Waals surface area contributed by atoms with Crippen LogP contribution in [0.5, 0.6) is 0 Å². The summed E-state index contributed by atoms with van der Waals surface area (Å²) in [5, 5.41) is 0. The van der Waals surface area contributed by atoms with E-state index in [1.807, 2.05) is 119 Å². The third-order valence-corrected chi connectivity index (χ3v) is 11.0. The van der Waals surface area contributed by atoms with E-state index < -0.39 is 57.8 Å². The van der Waals surface area contributed by atoms with E-state index in [1.165, 1.54) is 11.8 Å². The average molecular weight is 680 g/mol. The van der Waals surface area contributed by atoms with Gasteiger partial charge in [0, 0.05) is 18.1 Å². The highest BCUT2D eigenvalue weighted by Gasteiger charge is 2.52. The van der Waals surface area contributed by atoms with E-state index >= 15 is 4.39 Å². The van der Waals surface area contributed by atoms with E-state index in [1.54, 1.807) is 0 Å². The molecule has 47 heavy (non-hydrogen) atoms. The van der Waals surface area contributed by atoms with Gasteiger partial charge in [0.05, 0.1) is 41.6 Å². The van der Waals surface area contributed by atoms with Crippen LogP contribution in [0.2, 0.25) is 0 Å². The Labute approximate surface area is 286 Å². The van der Waals surface area contributed by atoms with Crippen LogP contribution < -0.4 is 4.72 Å². The minimum absolute atomic E-state index is 0.112. The molecule has 0 amide bonds. The van der Waals surface area contributed by atoms with Crippen LogP contribution in [-0.4, -0.2) is 56.8 Å². The van der Waals surface area contributed by atoms with E-state index in [0.29, 0.717) is 19.8 Å². The number of ether oxygens (including phenoxy) is 4. The molecule has 0 radical (unpaired) electrons. The van der Waals surface area contributed by atoms with Crippen LogP contribution in [0.3, 0.4) is 0 Å². The Morgan fingerprint density at radius 3 is 1.83 bits per heavy atom. The van der Waals surface area contributed by atoms with Gasteiger partial charge >= 0.3 is 0 Å². The van der Waals surface area contributed by atoms with Gasteiger partial charge in [0.1, 0.15) is 36.0 Å². The van der Waals surface area contributed by atoms with Gasteiger partial charge in [-0.05, 0) is 44.4 Å². The number of hydrogen-bond donors (Lipinski definition) is 1. The third kappa shape index (κ3) is 10.2. The Kier molecular flexibility index (Phi) is 13.1. The van der Waals surface area contributed by atoms with Crippen LogP contribution in [0.25, 0.3) is 0 Å². The summed E-state index contributed by atoms with van der Waals surface area (Å²) >= 11 is 1.38. The van der Waals surface area contributed by atoms with Crippen LogP contribution in [0, 0.1) is 17.8 Å². The predicted molar refractivity (Wildman–Crippen MR) is 187 cm³/mol. The van der Waals surface area contributed by atoms with Crippen molar-refractivity contribution in [2.75, 3.05) is 5.75 Å². The Morgan fingerprint density at radius 1 is 0.830 bits per heavy atom. The zero-order chi connectivity index (χ0) is 33.2. The first-order valence-electron chi connectivity index (χ1n) is 16.2. The fraction of sp³-hybridized carbons (Fsp3) is 0.474. The number of benzene rings is 3. The summed E-state index contributed by atoms with van der Waals surface area (Å²) in [5.41, 5.74) is 2.43. The number of hydrogen-bond acceptors (Lipinski definition) is 6. The second kappa shape index (κ2) is 17.2. The largest absolute Gasteiger partial charge is 0.368 e. The molecule has 0 saturated carbocycles. The van der Waals surface area contributed by atoms with Crippen molar-refractivity contribution in [1.82, 2.24) is 4.72 Å². The van der Waals surface area contributed by atoms with E-state index in [2.05, 4.69) is 16.6 Å². The van der Waals surface area contributed by atoms with Crippen molar-refractivity contribution in [3.05, 3.63) is 108 Å². The maximum absolute atomic E-state index is 15.2. The second-order valence-electron chi connectivity index (χ2n) is 13.0. The summed E-state index contributed by atoms with van der Waals surface area (Å²) in [6, 6.07) is 29.4.